The van der Waals surface area contributed by atoms with Gasteiger partial charge in [0.1, 0.15) is 0 Å². The van der Waals surface area contributed by atoms with Crippen LogP contribution in [-0.4, -0.2) is 4.57 Å². The molecule has 2 heteroatoms. The maximum absolute atomic E-state index is 2.45. The third kappa shape index (κ3) is 6.26. The fraction of sp³-hybridized carbons (Fsp3) is 0.0667. The molecule has 1 unspecified atom stereocenters. The summed E-state index contributed by atoms with van der Waals surface area (Å²) in [5, 5.41) is 2.49. The predicted molar refractivity (Wildman–Crippen MR) is 261 cm³/mol. The van der Waals surface area contributed by atoms with Crippen molar-refractivity contribution in [3.8, 4) is 27.9 Å². The Morgan fingerprint density at radius 3 is 1.90 bits per heavy atom. The maximum Gasteiger partial charge on any atom is 0.0713 e. The van der Waals surface area contributed by atoms with Crippen molar-refractivity contribution in [1.29, 1.82) is 0 Å². The topological polar surface area (TPSA) is 8.17 Å². The maximum atomic E-state index is 2.45. The van der Waals surface area contributed by atoms with Crippen molar-refractivity contribution >= 4 is 33.2 Å². The first-order chi connectivity index (χ1) is 30.7. The molecule has 9 aromatic rings. The summed E-state index contributed by atoms with van der Waals surface area (Å²) in [6, 6.07) is 73.8. The molecule has 0 bridgehead atoms. The molecule has 1 aromatic heterocycles. The van der Waals surface area contributed by atoms with Gasteiger partial charge in [-0.05, 0) is 111 Å². The average Bonchev–Trinajstić information content (AvgIpc) is 3.83. The van der Waals surface area contributed by atoms with Crippen LogP contribution in [0.25, 0.3) is 49.7 Å². The van der Waals surface area contributed by atoms with Crippen LogP contribution in [-0.2, 0) is 5.41 Å². The number of hydrogen-bond acceptors (Lipinski definition) is 1. The number of nitrogens with zero attached hydrogens (tertiary/aromatic N) is 2. The zero-order valence-corrected chi connectivity index (χ0v) is 34.8. The van der Waals surface area contributed by atoms with Gasteiger partial charge in [0.15, 0.2) is 0 Å². The van der Waals surface area contributed by atoms with E-state index in [2.05, 4.69) is 259 Å². The number of benzene rings is 8. The van der Waals surface area contributed by atoms with Crippen molar-refractivity contribution in [3.05, 3.63) is 271 Å². The lowest BCUT2D eigenvalue weighted by Crippen LogP contribution is -2.28. The highest BCUT2D eigenvalue weighted by molar-refractivity contribution is 6.10. The highest BCUT2D eigenvalue weighted by Crippen LogP contribution is 2.56. The number of fused-ring (bicyclic) bond motifs is 6. The van der Waals surface area contributed by atoms with E-state index in [9.17, 15) is 0 Å². The lowest BCUT2D eigenvalue weighted by atomic mass is 9.67. The van der Waals surface area contributed by atoms with E-state index in [0.717, 1.165) is 29.2 Å². The largest absolute Gasteiger partial charge is 0.311 e. The van der Waals surface area contributed by atoms with Gasteiger partial charge in [0.2, 0.25) is 0 Å². The normalized spacial score (nSPS) is 17.2. The predicted octanol–water partition coefficient (Wildman–Crippen LogP) is 15.5. The van der Waals surface area contributed by atoms with Crippen LogP contribution in [0.1, 0.15) is 35.6 Å². The molecule has 0 saturated heterocycles. The lowest BCUT2D eigenvalue weighted by molar-refractivity contribution is 0.769. The van der Waals surface area contributed by atoms with E-state index in [1.165, 1.54) is 66.3 Å². The first-order valence-electron chi connectivity index (χ1n) is 21.7. The summed E-state index contributed by atoms with van der Waals surface area (Å²) < 4.78 is 2.40. The standard InChI is InChI=1S/C60H46N2/c1-43-19-7-2-3-12-26-49(35-31-43)61(51-38-40-55-54-28-16-18-30-58(54)62(59(55)42-51)48-24-13-6-14-25-48)50-36-32-44(33-37-50)45-34-39-53-52-27-15-17-29-56(52)60(57(53)41-45,46-20-8-4-9-21-46)47-22-10-5-11-23-47/h2-11,13-43H,12H2,1H3/b3-2-,19-7-,35-31?,49-26+. The van der Waals surface area contributed by atoms with Gasteiger partial charge in [0, 0.05) is 33.5 Å². The van der Waals surface area contributed by atoms with Gasteiger partial charge >= 0.3 is 0 Å². The molecule has 0 radical (unpaired) electrons. The number of aromatic nitrogens is 1. The molecule has 1 atom stereocenters. The van der Waals surface area contributed by atoms with E-state index in [1.807, 2.05) is 0 Å². The molecule has 62 heavy (non-hydrogen) atoms. The Hall–Kier alpha value is -7.68. The second-order valence-corrected chi connectivity index (χ2v) is 16.5. The second kappa shape index (κ2) is 15.7. The summed E-state index contributed by atoms with van der Waals surface area (Å²) in [6.07, 6.45) is 16.6. The molecular weight excluding hydrogens is 749 g/mol. The van der Waals surface area contributed by atoms with E-state index in [1.54, 1.807) is 0 Å². The zero-order valence-electron chi connectivity index (χ0n) is 34.8. The highest BCUT2D eigenvalue weighted by atomic mass is 15.1. The molecule has 2 aliphatic carbocycles. The summed E-state index contributed by atoms with van der Waals surface area (Å²) in [5.41, 5.74) is 16.6. The van der Waals surface area contributed by atoms with Crippen LogP contribution in [0.2, 0.25) is 0 Å². The third-order valence-electron chi connectivity index (χ3n) is 12.8. The number of para-hydroxylation sites is 2. The summed E-state index contributed by atoms with van der Waals surface area (Å²) >= 11 is 0. The molecule has 296 valence electrons. The summed E-state index contributed by atoms with van der Waals surface area (Å²) in [6.45, 7) is 2.24. The van der Waals surface area contributed by atoms with Gasteiger partial charge in [-0.25, -0.2) is 0 Å². The Kier molecular flexibility index (Phi) is 9.47. The first-order valence-corrected chi connectivity index (χ1v) is 21.7. The molecule has 0 saturated carbocycles. The van der Waals surface area contributed by atoms with Gasteiger partial charge in [0.05, 0.1) is 16.4 Å². The second-order valence-electron chi connectivity index (χ2n) is 16.5. The van der Waals surface area contributed by atoms with Crippen molar-refractivity contribution in [1.82, 2.24) is 4.57 Å². The molecule has 2 nitrogen and oxygen atoms in total. The van der Waals surface area contributed by atoms with Crippen molar-refractivity contribution in [2.45, 2.75) is 18.8 Å². The van der Waals surface area contributed by atoms with Gasteiger partial charge < -0.3 is 9.47 Å². The van der Waals surface area contributed by atoms with Crippen LogP contribution in [0.3, 0.4) is 0 Å². The number of rotatable bonds is 7. The van der Waals surface area contributed by atoms with E-state index in [4.69, 9.17) is 0 Å². The summed E-state index contributed by atoms with van der Waals surface area (Å²) in [5.74, 6) is 0.290. The number of anilines is 2. The molecule has 1 heterocycles. The van der Waals surface area contributed by atoms with Gasteiger partial charge in [-0.1, -0.05) is 195 Å². The Morgan fingerprint density at radius 2 is 1.13 bits per heavy atom. The molecule has 0 N–H and O–H groups in total. The van der Waals surface area contributed by atoms with Gasteiger partial charge in [-0.15, -0.1) is 0 Å². The molecule has 0 aliphatic heterocycles. The van der Waals surface area contributed by atoms with Gasteiger partial charge in [-0.2, -0.15) is 0 Å². The number of allylic oxidation sites excluding steroid dienone is 7. The highest BCUT2D eigenvalue weighted by Gasteiger charge is 2.46. The monoisotopic (exact) mass is 794 g/mol. The van der Waals surface area contributed by atoms with E-state index in [0.29, 0.717) is 5.92 Å². The summed E-state index contributed by atoms with van der Waals surface area (Å²) in [7, 11) is 0. The van der Waals surface area contributed by atoms with E-state index in [-0.39, 0.29) is 0 Å². The molecular formula is C60H46N2. The minimum atomic E-state index is -0.447. The molecule has 8 aromatic carbocycles. The smallest absolute Gasteiger partial charge is 0.0713 e. The fourth-order valence-corrected chi connectivity index (χ4v) is 9.96. The van der Waals surface area contributed by atoms with Crippen LogP contribution in [0.4, 0.5) is 11.4 Å². The van der Waals surface area contributed by atoms with Crippen molar-refractivity contribution < 1.29 is 0 Å². The Balaban J connectivity index is 1.06. The van der Waals surface area contributed by atoms with Gasteiger partial charge in [-0.3, -0.25) is 0 Å². The number of hydrogen-bond donors (Lipinski definition) is 0. The molecule has 2 aliphatic rings. The molecule has 0 fully saturated rings. The Morgan fingerprint density at radius 1 is 0.500 bits per heavy atom. The van der Waals surface area contributed by atoms with Crippen LogP contribution < -0.4 is 4.90 Å². The quantitative estimate of drug-likeness (QED) is 0.156. The van der Waals surface area contributed by atoms with E-state index >= 15 is 0 Å². The fourth-order valence-electron chi connectivity index (χ4n) is 9.96. The van der Waals surface area contributed by atoms with Crippen LogP contribution in [0, 0.1) is 5.92 Å². The SMILES string of the molecule is CC1C=C/C(N(c2ccc(-c3ccc4c(c3)C(c3ccccc3)(c3ccccc3)c3ccccc3-4)cc2)c2ccc3c4ccccc4n(-c4ccccc4)c3c2)=C\C/C=C\C=C/1. The van der Waals surface area contributed by atoms with Crippen LogP contribution >= 0.6 is 0 Å². The Labute approximate surface area is 364 Å². The third-order valence-corrected chi connectivity index (χ3v) is 12.8. The van der Waals surface area contributed by atoms with Crippen molar-refractivity contribution in [3.63, 3.8) is 0 Å². The molecule has 11 rings (SSSR count). The average molecular weight is 795 g/mol. The van der Waals surface area contributed by atoms with E-state index < -0.39 is 5.41 Å². The van der Waals surface area contributed by atoms with Crippen LogP contribution in [0.5, 0.6) is 0 Å². The molecule has 0 spiro atoms. The Bertz CT molecular complexity index is 3160. The lowest BCUT2D eigenvalue weighted by Gasteiger charge is -2.34. The van der Waals surface area contributed by atoms with Crippen molar-refractivity contribution in [2.75, 3.05) is 4.90 Å². The van der Waals surface area contributed by atoms with Gasteiger partial charge in [0.25, 0.3) is 0 Å². The first kappa shape index (κ1) is 37.3. The summed E-state index contributed by atoms with van der Waals surface area (Å²) in [4.78, 5) is 2.42. The van der Waals surface area contributed by atoms with Crippen molar-refractivity contribution in [2.24, 2.45) is 5.92 Å². The molecule has 0 amide bonds. The minimum absolute atomic E-state index is 0.290. The zero-order chi connectivity index (χ0) is 41.5. The van der Waals surface area contributed by atoms with Crippen LogP contribution in [0.15, 0.2) is 248 Å². The minimum Gasteiger partial charge on any atom is -0.311 e.